The Bertz CT molecular complexity index is 1100. The fraction of sp³-hybridized carbons (Fsp3) is 0.158. The van der Waals surface area contributed by atoms with Crippen LogP contribution in [0.15, 0.2) is 45.6 Å². The van der Waals surface area contributed by atoms with E-state index in [2.05, 4.69) is 4.98 Å². The molecule has 29 heavy (non-hydrogen) atoms. The summed E-state index contributed by atoms with van der Waals surface area (Å²) < 4.78 is 21.2. The van der Waals surface area contributed by atoms with Gasteiger partial charge in [-0.1, -0.05) is 0 Å². The molecule has 0 fully saturated rings. The van der Waals surface area contributed by atoms with E-state index in [4.69, 9.17) is 28.8 Å². The Morgan fingerprint density at radius 1 is 0.966 bits per heavy atom. The average Bonchev–Trinajstić information content (AvgIpc) is 2.70. The van der Waals surface area contributed by atoms with Crippen LogP contribution in [0.4, 0.5) is 0 Å². The molecule has 3 aromatic rings. The molecule has 0 saturated carbocycles. The lowest BCUT2D eigenvalue weighted by molar-refractivity contribution is 0.0683. The Balaban J connectivity index is 1.72. The summed E-state index contributed by atoms with van der Waals surface area (Å²) >= 11 is 0. The van der Waals surface area contributed by atoms with Crippen molar-refractivity contribution in [3.63, 3.8) is 0 Å². The highest BCUT2D eigenvalue weighted by Crippen LogP contribution is 2.27. The van der Waals surface area contributed by atoms with Crippen molar-refractivity contribution >= 4 is 22.9 Å². The van der Waals surface area contributed by atoms with Crippen molar-refractivity contribution in [1.29, 1.82) is 0 Å². The van der Waals surface area contributed by atoms with Crippen molar-refractivity contribution in [2.24, 2.45) is 0 Å². The van der Waals surface area contributed by atoms with Crippen molar-refractivity contribution in [2.45, 2.75) is 0 Å². The number of aromatic carboxylic acids is 2. The maximum absolute atomic E-state index is 11.7. The molecular formula is C19H15NO9. The molecule has 3 rings (SSSR count). The fourth-order valence-electron chi connectivity index (χ4n) is 2.48. The van der Waals surface area contributed by atoms with Crippen LogP contribution >= 0.6 is 0 Å². The Morgan fingerprint density at radius 2 is 1.62 bits per heavy atom. The second-order valence-electron chi connectivity index (χ2n) is 5.67. The summed E-state index contributed by atoms with van der Waals surface area (Å²) in [6.45, 7) is -0.0439. The first-order chi connectivity index (χ1) is 13.9. The molecular weight excluding hydrogens is 386 g/mol. The van der Waals surface area contributed by atoms with E-state index in [-0.39, 0.29) is 24.7 Å². The largest absolute Gasteiger partial charge is 0.497 e. The lowest BCUT2D eigenvalue weighted by Crippen LogP contribution is -2.13. The van der Waals surface area contributed by atoms with Gasteiger partial charge in [0.2, 0.25) is 0 Å². The molecule has 0 amide bonds. The lowest BCUT2D eigenvalue weighted by atomic mass is 10.2. The zero-order valence-corrected chi connectivity index (χ0v) is 15.1. The molecule has 0 atom stereocenters. The predicted molar refractivity (Wildman–Crippen MR) is 98.2 cm³/mol. The molecule has 0 aliphatic carbocycles. The first-order valence-electron chi connectivity index (χ1n) is 8.23. The number of nitrogens with zero attached hydrogens (tertiary/aromatic N) is 1. The summed E-state index contributed by atoms with van der Waals surface area (Å²) in [5.41, 5.74) is -1.23. The molecule has 0 aliphatic rings. The monoisotopic (exact) mass is 401 g/mol. The molecule has 0 saturated heterocycles. The number of hydrogen-bond acceptors (Lipinski definition) is 8. The van der Waals surface area contributed by atoms with E-state index in [9.17, 15) is 14.4 Å². The number of carboxylic acid groups (broad SMARTS) is 2. The van der Waals surface area contributed by atoms with Crippen molar-refractivity contribution in [2.75, 3.05) is 20.3 Å². The number of rotatable bonds is 8. The zero-order chi connectivity index (χ0) is 21.0. The average molecular weight is 401 g/mol. The van der Waals surface area contributed by atoms with E-state index in [1.54, 1.807) is 18.2 Å². The molecule has 0 spiro atoms. The molecule has 2 heterocycles. The van der Waals surface area contributed by atoms with Crippen molar-refractivity contribution in [3.05, 3.63) is 58.2 Å². The molecule has 0 unspecified atom stereocenters. The van der Waals surface area contributed by atoms with Gasteiger partial charge in [0, 0.05) is 18.2 Å². The first-order valence-corrected chi connectivity index (χ1v) is 8.23. The summed E-state index contributed by atoms with van der Waals surface area (Å²) in [6.07, 6.45) is 0. The summed E-state index contributed by atoms with van der Waals surface area (Å²) in [6, 6.07) is 8.31. The van der Waals surface area contributed by atoms with Gasteiger partial charge >= 0.3 is 17.6 Å². The molecule has 10 heteroatoms. The van der Waals surface area contributed by atoms with E-state index < -0.39 is 29.0 Å². The van der Waals surface area contributed by atoms with Gasteiger partial charge in [0.15, 0.2) is 11.4 Å². The Labute approximate surface area is 162 Å². The molecule has 150 valence electrons. The number of benzene rings is 1. The molecule has 0 bridgehead atoms. The van der Waals surface area contributed by atoms with Gasteiger partial charge < -0.3 is 28.8 Å². The Kier molecular flexibility index (Phi) is 5.63. The number of carbonyl (C=O) groups is 2. The number of aromatic nitrogens is 1. The third-order valence-electron chi connectivity index (χ3n) is 3.76. The van der Waals surface area contributed by atoms with Crippen LogP contribution in [0.3, 0.4) is 0 Å². The summed E-state index contributed by atoms with van der Waals surface area (Å²) in [7, 11) is 1.49. The number of ether oxygens (including phenoxy) is 3. The van der Waals surface area contributed by atoms with Gasteiger partial charge in [-0.25, -0.2) is 19.4 Å². The van der Waals surface area contributed by atoms with Crippen LogP contribution in [-0.2, 0) is 0 Å². The number of methoxy groups -OCH3 is 1. The van der Waals surface area contributed by atoms with Gasteiger partial charge in [-0.3, -0.25) is 0 Å². The van der Waals surface area contributed by atoms with Gasteiger partial charge in [0.25, 0.3) is 0 Å². The van der Waals surface area contributed by atoms with Gasteiger partial charge in [-0.15, -0.1) is 0 Å². The quantitative estimate of drug-likeness (QED) is 0.425. The molecule has 2 aromatic heterocycles. The van der Waals surface area contributed by atoms with E-state index in [0.29, 0.717) is 16.7 Å². The van der Waals surface area contributed by atoms with E-state index in [1.165, 1.54) is 13.2 Å². The molecule has 0 aliphatic heterocycles. The lowest BCUT2D eigenvalue weighted by Gasteiger charge is -2.11. The maximum Gasteiger partial charge on any atom is 0.354 e. The summed E-state index contributed by atoms with van der Waals surface area (Å²) in [5, 5.41) is 18.6. The van der Waals surface area contributed by atoms with E-state index in [1.807, 2.05) is 0 Å². The highest BCUT2D eigenvalue weighted by Gasteiger charge is 2.14. The predicted octanol–water partition coefficient (Wildman–Crippen LogP) is 2.05. The van der Waals surface area contributed by atoms with Crippen LogP contribution in [-0.4, -0.2) is 47.5 Å². The second-order valence-corrected chi connectivity index (χ2v) is 5.67. The van der Waals surface area contributed by atoms with E-state index in [0.717, 1.165) is 12.1 Å². The maximum atomic E-state index is 11.7. The second kappa shape index (κ2) is 8.30. The first kappa shape index (κ1) is 19.7. The molecule has 1 aromatic carbocycles. The summed E-state index contributed by atoms with van der Waals surface area (Å²) in [4.78, 5) is 37.3. The Hall–Kier alpha value is -4.08. The minimum atomic E-state index is -1.38. The highest BCUT2D eigenvalue weighted by molar-refractivity contribution is 5.90. The zero-order valence-electron chi connectivity index (χ0n) is 15.1. The standard InChI is InChI=1S/C19H15NO9/c1-26-10-2-3-12-15(9-17(21)29-16(12)8-10)28-5-4-27-11-6-13(18(22)23)20-14(7-11)19(24)25/h2-3,6-9H,4-5H2,1H3,(H,22,23)(H,24,25). The van der Waals surface area contributed by atoms with Gasteiger partial charge in [-0.2, -0.15) is 0 Å². The number of carboxylic acids is 2. The topological polar surface area (TPSA) is 145 Å². The van der Waals surface area contributed by atoms with Crippen LogP contribution in [0.5, 0.6) is 17.2 Å². The van der Waals surface area contributed by atoms with Crippen LogP contribution < -0.4 is 19.8 Å². The van der Waals surface area contributed by atoms with Crippen LogP contribution in [0, 0.1) is 0 Å². The van der Waals surface area contributed by atoms with Gasteiger partial charge in [-0.05, 0) is 12.1 Å². The van der Waals surface area contributed by atoms with Crippen molar-refractivity contribution < 1.29 is 38.4 Å². The number of fused-ring (bicyclic) bond motifs is 1. The highest BCUT2D eigenvalue weighted by atomic mass is 16.5. The van der Waals surface area contributed by atoms with Crippen LogP contribution in [0.25, 0.3) is 11.0 Å². The van der Waals surface area contributed by atoms with Crippen LogP contribution in [0.1, 0.15) is 21.0 Å². The van der Waals surface area contributed by atoms with Gasteiger partial charge in [0.1, 0.15) is 36.0 Å². The summed E-state index contributed by atoms with van der Waals surface area (Å²) in [5.74, 6) is -1.96. The number of hydrogen-bond donors (Lipinski definition) is 2. The van der Waals surface area contributed by atoms with Crippen LogP contribution in [0.2, 0.25) is 0 Å². The minimum absolute atomic E-state index is 0.00227. The third-order valence-corrected chi connectivity index (χ3v) is 3.76. The van der Waals surface area contributed by atoms with E-state index >= 15 is 0 Å². The van der Waals surface area contributed by atoms with Crippen molar-refractivity contribution in [1.82, 2.24) is 4.98 Å². The molecule has 2 N–H and O–H groups in total. The number of pyridine rings is 1. The normalized spacial score (nSPS) is 10.5. The third kappa shape index (κ3) is 4.61. The minimum Gasteiger partial charge on any atom is -0.497 e. The molecule has 0 radical (unpaired) electrons. The van der Waals surface area contributed by atoms with Crippen molar-refractivity contribution in [3.8, 4) is 17.2 Å². The van der Waals surface area contributed by atoms with Gasteiger partial charge in [0.05, 0.1) is 18.6 Å². The fourth-order valence-corrected chi connectivity index (χ4v) is 2.48. The smallest absolute Gasteiger partial charge is 0.354 e. The molecule has 10 nitrogen and oxygen atoms in total. The SMILES string of the molecule is COc1ccc2c(OCCOc3cc(C(=O)O)nc(C(=O)O)c3)cc(=O)oc2c1. The Morgan fingerprint density at radius 3 is 2.24 bits per heavy atom.